The van der Waals surface area contributed by atoms with Crippen LogP contribution in [-0.4, -0.2) is 50.3 Å². The molecule has 0 heterocycles. The average Bonchev–Trinajstić information content (AvgIpc) is 2.10. The molecule has 0 spiro atoms. The number of ether oxygens (including phenoxy) is 1. The lowest BCUT2D eigenvalue weighted by molar-refractivity contribution is -0.143. The first kappa shape index (κ1) is 12.1. The van der Waals surface area contributed by atoms with Crippen LogP contribution in [0.3, 0.4) is 0 Å². The highest BCUT2D eigenvalue weighted by atomic mass is 16.5. The van der Waals surface area contributed by atoms with Crippen LogP contribution >= 0.6 is 0 Å². The molecule has 0 atom stereocenters. The Morgan fingerprint density at radius 2 is 2.08 bits per heavy atom. The van der Waals surface area contributed by atoms with Crippen LogP contribution in [-0.2, 0) is 9.53 Å². The number of carbonyl (C=O) groups excluding carboxylic acids is 1. The number of carbonyl (C=O) groups is 1. The number of hydrogen-bond donors (Lipinski definition) is 0. The van der Waals surface area contributed by atoms with E-state index in [1.807, 2.05) is 31.2 Å². The van der Waals surface area contributed by atoms with Gasteiger partial charge in [0.25, 0.3) is 0 Å². The van der Waals surface area contributed by atoms with Gasteiger partial charge in [-0.1, -0.05) is 12.7 Å². The van der Waals surface area contributed by atoms with Gasteiger partial charge >= 0.3 is 5.97 Å². The Balaban J connectivity index is 3.51. The summed E-state index contributed by atoms with van der Waals surface area (Å²) >= 11 is 0. The van der Waals surface area contributed by atoms with Crippen LogP contribution in [0.15, 0.2) is 12.7 Å². The molecule has 0 aliphatic heterocycles. The summed E-state index contributed by atoms with van der Waals surface area (Å²) in [6.45, 7) is 4.43. The molecular weight excluding hydrogens is 168 g/mol. The Kier molecular flexibility index (Phi) is 6.18. The third kappa shape index (κ3) is 6.31. The Bertz CT molecular complexity index is 169. The molecule has 0 aromatic rings. The van der Waals surface area contributed by atoms with Crippen LogP contribution in [0.25, 0.3) is 0 Å². The van der Waals surface area contributed by atoms with Gasteiger partial charge in [0, 0.05) is 27.7 Å². The number of hydrogen-bond acceptors (Lipinski definition) is 4. The molecule has 76 valence electrons. The van der Waals surface area contributed by atoms with Crippen molar-refractivity contribution in [2.24, 2.45) is 0 Å². The Morgan fingerprint density at radius 3 is 2.54 bits per heavy atom. The van der Waals surface area contributed by atoms with E-state index in [0.717, 1.165) is 0 Å². The highest BCUT2D eigenvalue weighted by molar-refractivity contribution is 5.69. The summed E-state index contributed by atoms with van der Waals surface area (Å²) in [5.74, 6) is -0.186. The van der Waals surface area contributed by atoms with Crippen molar-refractivity contribution in [2.75, 3.05) is 34.3 Å². The molecule has 0 aromatic heterocycles. The molecule has 0 fully saturated rings. The van der Waals surface area contributed by atoms with Crippen molar-refractivity contribution in [2.45, 2.75) is 6.42 Å². The van der Waals surface area contributed by atoms with Crippen molar-refractivity contribution in [3.05, 3.63) is 12.7 Å². The van der Waals surface area contributed by atoms with Gasteiger partial charge in [0.15, 0.2) is 0 Å². The smallest absolute Gasteiger partial charge is 0.307 e. The molecule has 13 heavy (non-hydrogen) atoms. The van der Waals surface area contributed by atoms with Crippen LogP contribution in [0, 0.1) is 0 Å². The molecule has 4 heteroatoms. The zero-order chi connectivity index (χ0) is 10.3. The fourth-order valence-electron chi connectivity index (χ4n) is 0.677. The van der Waals surface area contributed by atoms with Crippen LogP contribution in [0.1, 0.15) is 6.42 Å². The molecule has 0 aromatic carbocycles. The zero-order valence-electron chi connectivity index (χ0n) is 8.62. The van der Waals surface area contributed by atoms with Gasteiger partial charge in [-0.25, -0.2) is 10.0 Å². The summed E-state index contributed by atoms with van der Waals surface area (Å²) in [4.78, 5) is 11.0. The normalized spacial score (nSPS) is 10.5. The van der Waals surface area contributed by atoms with Gasteiger partial charge in [0.2, 0.25) is 0 Å². The quantitative estimate of drug-likeness (QED) is 0.344. The maximum Gasteiger partial charge on any atom is 0.307 e. The van der Waals surface area contributed by atoms with Gasteiger partial charge in [-0.2, -0.15) is 0 Å². The number of rotatable bonds is 6. The monoisotopic (exact) mass is 186 g/mol. The minimum atomic E-state index is -0.186. The minimum absolute atomic E-state index is 0.186. The van der Waals surface area contributed by atoms with E-state index in [2.05, 4.69) is 6.58 Å². The summed E-state index contributed by atoms with van der Waals surface area (Å²) in [6.07, 6.45) is 1.97. The second-order valence-electron chi connectivity index (χ2n) is 2.95. The molecule has 0 radical (unpaired) electrons. The SMILES string of the molecule is C=CCOC(=O)CCN(C)N(C)C. The van der Waals surface area contributed by atoms with Crippen molar-refractivity contribution < 1.29 is 9.53 Å². The second-order valence-corrected chi connectivity index (χ2v) is 2.95. The van der Waals surface area contributed by atoms with E-state index in [1.165, 1.54) is 0 Å². The van der Waals surface area contributed by atoms with Crippen molar-refractivity contribution in [1.82, 2.24) is 10.0 Å². The molecular formula is C9H18N2O2. The molecule has 0 bridgehead atoms. The molecule has 0 aliphatic rings. The summed E-state index contributed by atoms with van der Waals surface area (Å²) in [7, 11) is 5.77. The van der Waals surface area contributed by atoms with Gasteiger partial charge < -0.3 is 4.74 Å². The summed E-state index contributed by atoms with van der Waals surface area (Å²) in [5.41, 5.74) is 0. The largest absolute Gasteiger partial charge is 0.461 e. The zero-order valence-corrected chi connectivity index (χ0v) is 8.62. The van der Waals surface area contributed by atoms with Gasteiger partial charge in [0.1, 0.15) is 6.61 Å². The second kappa shape index (κ2) is 6.62. The maximum absolute atomic E-state index is 11.0. The molecule has 0 saturated carbocycles. The van der Waals surface area contributed by atoms with Crippen molar-refractivity contribution in [1.29, 1.82) is 0 Å². The molecule has 0 rings (SSSR count). The topological polar surface area (TPSA) is 32.8 Å². The third-order valence-corrected chi connectivity index (χ3v) is 1.68. The number of hydrazine groups is 1. The molecule has 0 aliphatic carbocycles. The van der Waals surface area contributed by atoms with Crippen LogP contribution in [0.4, 0.5) is 0 Å². The van der Waals surface area contributed by atoms with Crippen LogP contribution in [0.2, 0.25) is 0 Å². The van der Waals surface area contributed by atoms with Crippen molar-refractivity contribution >= 4 is 5.97 Å². The predicted octanol–water partition coefficient (Wildman–Crippen LogP) is 0.514. The highest BCUT2D eigenvalue weighted by Crippen LogP contribution is 1.92. The van der Waals surface area contributed by atoms with E-state index in [1.54, 1.807) is 6.08 Å². The van der Waals surface area contributed by atoms with Gasteiger partial charge in [-0.15, -0.1) is 0 Å². The number of esters is 1. The average molecular weight is 186 g/mol. The lowest BCUT2D eigenvalue weighted by Gasteiger charge is -2.23. The summed E-state index contributed by atoms with van der Waals surface area (Å²) in [5, 5.41) is 3.86. The first-order valence-electron chi connectivity index (χ1n) is 4.22. The first-order chi connectivity index (χ1) is 6.07. The highest BCUT2D eigenvalue weighted by Gasteiger charge is 2.05. The van der Waals surface area contributed by atoms with Gasteiger partial charge in [-0.3, -0.25) is 4.79 Å². The van der Waals surface area contributed by atoms with E-state index in [-0.39, 0.29) is 5.97 Å². The van der Waals surface area contributed by atoms with E-state index in [0.29, 0.717) is 19.6 Å². The van der Waals surface area contributed by atoms with Crippen LogP contribution in [0.5, 0.6) is 0 Å². The number of nitrogens with zero attached hydrogens (tertiary/aromatic N) is 2. The van der Waals surface area contributed by atoms with Crippen molar-refractivity contribution in [3.8, 4) is 0 Å². The lowest BCUT2D eigenvalue weighted by Crippen LogP contribution is -2.34. The van der Waals surface area contributed by atoms with E-state index >= 15 is 0 Å². The Morgan fingerprint density at radius 1 is 1.46 bits per heavy atom. The van der Waals surface area contributed by atoms with Crippen LogP contribution < -0.4 is 0 Å². The molecule has 4 nitrogen and oxygen atoms in total. The summed E-state index contributed by atoms with van der Waals surface area (Å²) in [6, 6.07) is 0. The summed E-state index contributed by atoms with van der Waals surface area (Å²) < 4.78 is 4.82. The third-order valence-electron chi connectivity index (χ3n) is 1.68. The fraction of sp³-hybridized carbons (Fsp3) is 0.667. The van der Waals surface area contributed by atoms with Gasteiger partial charge in [0.05, 0.1) is 6.42 Å². The van der Waals surface area contributed by atoms with E-state index in [4.69, 9.17) is 4.74 Å². The maximum atomic E-state index is 11.0. The lowest BCUT2D eigenvalue weighted by atomic mass is 10.4. The molecule has 0 saturated heterocycles. The Hall–Kier alpha value is -0.870. The molecule has 0 unspecified atom stereocenters. The first-order valence-corrected chi connectivity index (χ1v) is 4.22. The van der Waals surface area contributed by atoms with Gasteiger partial charge in [-0.05, 0) is 0 Å². The minimum Gasteiger partial charge on any atom is -0.461 e. The standard InChI is InChI=1S/C9H18N2O2/c1-5-8-13-9(12)6-7-11(4)10(2)3/h5H,1,6-8H2,2-4H3. The molecule has 0 N–H and O–H groups in total. The van der Waals surface area contributed by atoms with Crippen molar-refractivity contribution in [3.63, 3.8) is 0 Å². The molecule has 0 amide bonds. The Labute approximate surface area is 79.7 Å². The van der Waals surface area contributed by atoms with E-state index in [9.17, 15) is 4.79 Å². The fourth-order valence-corrected chi connectivity index (χ4v) is 0.677. The van der Waals surface area contributed by atoms with E-state index < -0.39 is 0 Å². The predicted molar refractivity (Wildman–Crippen MR) is 52.1 cm³/mol.